The Hall–Kier alpha value is -3.39. The lowest BCUT2D eigenvalue weighted by atomic mass is 9.72. The van der Waals surface area contributed by atoms with E-state index in [-0.39, 0.29) is 5.91 Å². The minimum atomic E-state index is -1.59. The molecule has 37 heavy (non-hydrogen) atoms. The fourth-order valence-corrected chi connectivity index (χ4v) is 6.39. The number of aryl methyl sites for hydroxylation is 2. The molecule has 0 aromatic heterocycles. The van der Waals surface area contributed by atoms with E-state index >= 15 is 0 Å². The number of nitrogens with zero attached hydrogens (tertiary/aromatic N) is 1. The summed E-state index contributed by atoms with van der Waals surface area (Å²) in [5.74, 6) is -3.06. The van der Waals surface area contributed by atoms with Gasteiger partial charge in [0.15, 0.2) is 11.5 Å². The zero-order valence-corrected chi connectivity index (χ0v) is 21.7. The molecule has 0 spiro atoms. The van der Waals surface area contributed by atoms with Gasteiger partial charge in [-0.3, -0.25) is 19.7 Å². The standard InChI is InChI=1S/C29H34N2O6/c1-5-16(4)29(28(34)35)23-22(24(30-29)19-11-12-20-21(15-19)37-14-13-36-20)26(32)31(27(23)33)25-17(6-2)9-8-10-18(25)7-3/h8-12,15-16,22-24,30H,5-7,13-14H2,1-4H3,(H,34,35). The number of rotatable bonds is 7. The Labute approximate surface area is 216 Å². The molecule has 0 bridgehead atoms. The minimum Gasteiger partial charge on any atom is -0.486 e. The molecule has 3 aliphatic rings. The maximum Gasteiger partial charge on any atom is 0.325 e. The van der Waals surface area contributed by atoms with Crippen LogP contribution < -0.4 is 19.7 Å². The molecule has 2 saturated heterocycles. The average Bonchev–Trinajstić information content (AvgIpc) is 3.41. The molecule has 2 amide bonds. The van der Waals surface area contributed by atoms with Gasteiger partial charge in [-0.15, -0.1) is 0 Å². The van der Waals surface area contributed by atoms with Crippen molar-refractivity contribution in [3.63, 3.8) is 0 Å². The molecule has 196 valence electrons. The predicted octanol–water partition coefficient (Wildman–Crippen LogP) is 3.90. The van der Waals surface area contributed by atoms with Gasteiger partial charge < -0.3 is 14.6 Å². The van der Waals surface area contributed by atoms with Crippen LogP contribution in [-0.4, -0.2) is 41.6 Å². The van der Waals surface area contributed by atoms with E-state index in [2.05, 4.69) is 5.32 Å². The molecule has 0 saturated carbocycles. The highest BCUT2D eigenvalue weighted by Gasteiger charge is 2.70. The Kier molecular flexibility index (Phi) is 6.48. The van der Waals surface area contributed by atoms with Crippen molar-refractivity contribution < 1.29 is 29.0 Å². The molecule has 3 aliphatic heterocycles. The second-order valence-corrected chi connectivity index (χ2v) is 10.2. The first-order valence-electron chi connectivity index (χ1n) is 13.2. The van der Waals surface area contributed by atoms with Crippen LogP contribution in [0.2, 0.25) is 0 Å². The zero-order chi connectivity index (χ0) is 26.5. The molecule has 2 aromatic rings. The third-order valence-corrected chi connectivity index (χ3v) is 8.45. The zero-order valence-electron chi connectivity index (χ0n) is 21.7. The Morgan fingerprint density at radius 3 is 2.30 bits per heavy atom. The topological polar surface area (TPSA) is 105 Å². The molecule has 5 atom stereocenters. The monoisotopic (exact) mass is 506 g/mol. The van der Waals surface area contributed by atoms with Crippen molar-refractivity contribution in [2.75, 3.05) is 18.1 Å². The highest BCUT2D eigenvalue weighted by Crippen LogP contribution is 2.54. The van der Waals surface area contributed by atoms with Crippen LogP contribution in [0.25, 0.3) is 0 Å². The SMILES string of the molecule is CCc1cccc(CC)c1N1C(=O)C2C(c3ccc4c(c3)OCCO4)NC(C(=O)O)(C(C)CC)C2C1=O. The number of para-hydroxylation sites is 1. The van der Waals surface area contributed by atoms with E-state index < -0.39 is 41.2 Å². The number of hydrogen-bond donors (Lipinski definition) is 2. The van der Waals surface area contributed by atoms with E-state index in [0.717, 1.165) is 11.1 Å². The van der Waals surface area contributed by atoms with Gasteiger partial charge in [0.05, 0.1) is 17.5 Å². The number of amides is 2. The van der Waals surface area contributed by atoms with Crippen LogP contribution in [0.1, 0.15) is 56.8 Å². The van der Waals surface area contributed by atoms with Gasteiger partial charge in [0.1, 0.15) is 18.8 Å². The van der Waals surface area contributed by atoms with Gasteiger partial charge in [-0.25, -0.2) is 4.90 Å². The summed E-state index contributed by atoms with van der Waals surface area (Å²) in [5, 5.41) is 13.9. The number of benzene rings is 2. The molecule has 5 rings (SSSR count). The molecule has 8 nitrogen and oxygen atoms in total. The number of anilines is 1. The van der Waals surface area contributed by atoms with Crippen LogP contribution in [0, 0.1) is 17.8 Å². The highest BCUT2D eigenvalue weighted by atomic mass is 16.6. The number of imide groups is 1. The van der Waals surface area contributed by atoms with Crippen molar-refractivity contribution in [2.45, 2.75) is 58.5 Å². The summed E-state index contributed by atoms with van der Waals surface area (Å²) in [5.41, 5.74) is 1.52. The molecule has 0 radical (unpaired) electrons. The number of carbonyl (C=O) groups is 3. The lowest BCUT2D eigenvalue weighted by molar-refractivity contribution is -0.151. The van der Waals surface area contributed by atoms with Gasteiger partial charge >= 0.3 is 5.97 Å². The van der Waals surface area contributed by atoms with Crippen molar-refractivity contribution in [3.05, 3.63) is 53.1 Å². The summed E-state index contributed by atoms with van der Waals surface area (Å²) in [6.45, 7) is 8.58. The lowest BCUT2D eigenvalue weighted by Crippen LogP contribution is -2.59. The highest BCUT2D eigenvalue weighted by molar-refractivity contribution is 6.25. The van der Waals surface area contributed by atoms with Crippen LogP contribution in [0.3, 0.4) is 0 Å². The molecular formula is C29H34N2O6. The predicted molar refractivity (Wildman–Crippen MR) is 138 cm³/mol. The van der Waals surface area contributed by atoms with E-state index in [0.29, 0.717) is 55.2 Å². The van der Waals surface area contributed by atoms with E-state index in [1.807, 2.05) is 52.0 Å². The Balaban J connectivity index is 1.69. The molecule has 0 aliphatic carbocycles. The van der Waals surface area contributed by atoms with E-state index in [9.17, 15) is 19.5 Å². The maximum atomic E-state index is 14.2. The number of aliphatic carboxylic acids is 1. The van der Waals surface area contributed by atoms with E-state index in [1.165, 1.54) is 4.90 Å². The van der Waals surface area contributed by atoms with Crippen molar-refractivity contribution in [2.24, 2.45) is 17.8 Å². The third-order valence-electron chi connectivity index (χ3n) is 8.45. The first kappa shape index (κ1) is 25.3. The summed E-state index contributed by atoms with van der Waals surface area (Å²) < 4.78 is 11.4. The van der Waals surface area contributed by atoms with Crippen LogP contribution in [-0.2, 0) is 27.2 Å². The van der Waals surface area contributed by atoms with Crippen molar-refractivity contribution in [3.8, 4) is 11.5 Å². The first-order valence-corrected chi connectivity index (χ1v) is 13.2. The summed E-state index contributed by atoms with van der Waals surface area (Å²) in [6, 6.07) is 10.5. The van der Waals surface area contributed by atoms with Crippen molar-refractivity contribution in [1.82, 2.24) is 5.32 Å². The second-order valence-electron chi connectivity index (χ2n) is 10.2. The Morgan fingerprint density at radius 2 is 1.70 bits per heavy atom. The third kappa shape index (κ3) is 3.64. The quantitative estimate of drug-likeness (QED) is 0.549. The molecular weight excluding hydrogens is 472 g/mol. The largest absolute Gasteiger partial charge is 0.486 e. The molecule has 2 N–H and O–H groups in total. The Bertz CT molecular complexity index is 1240. The first-order chi connectivity index (χ1) is 17.8. The van der Waals surface area contributed by atoms with Crippen molar-refractivity contribution in [1.29, 1.82) is 0 Å². The Morgan fingerprint density at radius 1 is 1.05 bits per heavy atom. The van der Waals surface area contributed by atoms with Gasteiger partial charge in [-0.2, -0.15) is 0 Å². The van der Waals surface area contributed by atoms with Gasteiger partial charge in [0.25, 0.3) is 0 Å². The van der Waals surface area contributed by atoms with E-state index in [4.69, 9.17) is 9.47 Å². The van der Waals surface area contributed by atoms with Crippen LogP contribution in [0.15, 0.2) is 36.4 Å². The molecule has 8 heteroatoms. The maximum absolute atomic E-state index is 14.2. The normalized spacial score (nSPS) is 27.4. The van der Waals surface area contributed by atoms with E-state index in [1.54, 1.807) is 12.1 Å². The summed E-state index contributed by atoms with van der Waals surface area (Å²) in [4.78, 5) is 42.8. The van der Waals surface area contributed by atoms with Gasteiger partial charge in [-0.05, 0) is 47.6 Å². The smallest absolute Gasteiger partial charge is 0.325 e. The molecule has 5 unspecified atom stereocenters. The fourth-order valence-electron chi connectivity index (χ4n) is 6.39. The van der Waals surface area contributed by atoms with Crippen LogP contribution in [0.4, 0.5) is 5.69 Å². The molecule has 3 heterocycles. The number of fused-ring (bicyclic) bond motifs is 2. The fraction of sp³-hybridized carbons (Fsp3) is 0.483. The number of carboxylic acid groups (broad SMARTS) is 1. The van der Waals surface area contributed by atoms with Crippen molar-refractivity contribution >= 4 is 23.5 Å². The summed E-state index contributed by atoms with van der Waals surface area (Å²) >= 11 is 0. The number of carbonyl (C=O) groups excluding carboxylic acids is 2. The number of carboxylic acids is 1. The van der Waals surface area contributed by atoms with Gasteiger partial charge in [0.2, 0.25) is 11.8 Å². The van der Waals surface area contributed by atoms with Crippen LogP contribution >= 0.6 is 0 Å². The van der Waals surface area contributed by atoms with Gasteiger partial charge in [-0.1, -0.05) is 58.4 Å². The minimum absolute atomic E-state index is 0.357. The summed E-state index contributed by atoms with van der Waals surface area (Å²) in [6.07, 6.45) is 1.83. The number of ether oxygens (including phenoxy) is 2. The lowest BCUT2D eigenvalue weighted by Gasteiger charge is -2.36. The molecule has 2 aromatic carbocycles. The second kappa shape index (κ2) is 9.49. The average molecular weight is 507 g/mol. The van der Waals surface area contributed by atoms with Gasteiger partial charge in [0, 0.05) is 6.04 Å². The summed E-state index contributed by atoms with van der Waals surface area (Å²) in [7, 11) is 0. The van der Waals surface area contributed by atoms with Crippen LogP contribution in [0.5, 0.6) is 11.5 Å². The number of hydrogen-bond acceptors (Lipinski definition) is 6. The molecule has 2 fully saturated rings. The number of nitrogens with one attached hydrogen (secondary N) is 1.